The van der Waals surface area contributed by atoms with Crippen molar-refractivity contribution in [1.29, 1.82) is 0 Å². The zero-order valence-electron chi connectivity index (χ0n) is 13.0. The van der Waals surface area contributed by atoms with Crippen molar-refractivity contribution in [3.05, 3.63) is 59.4 Å². The average molecular weight is 350 g/mol. The van der Waals surface area contributed by atoms with Gasteiger partial charge in [0.05, 0.1) is 22.2 Å². The van der Waals surface area contributed by atoms with E-state index in [1.807, 2.05) is 0 Å². The molecule has 3 rings (SSSR count). The predicted molar refractivity (Wildman–Crippen MR) is 83.7 cm³/mol. The molecule has 1 aromatic heterocycles. The molecule has 0 saturated heterocycles. The minimum absolute atomic E-state index is 0.0628. The van der Waals surface area contributed by atoms with Gasteiger partial charge in [-0.1, -0.05) is 6.07 Å². The molecule has 0 fully saturated rings. The fourth-order valence-electron chi connectivity index (χ4n) is 2.60. The number of rotatable bonds is 4. The van der Waals surface area contributed by atoms with Crippen LogP contribution >= 0.6 is 0 Å². The number of carboxylic acids is 1. The SMILES string of the molecule is COCc1nc2cc(C(F)(F)F)ccc2n1-c1cccc(C(=O)O)c1. The average Bonchev–Trinajstić information content (AvgIpc) is 2.91. The molecule has 8 heteroatoms. The number of ether oxygens (including phenoxy) is 1. The molecule has 0 amide bonds. The number of hydrogen-bond acceptors (Lipinski definition) is 3. The van der Waals surface area contributed by atoms with Gasteiger partial charge in [0.1, 0.15) is 12.4 Å². The van der Waals surface area contributed by atoms with E-state index in [9.17, 15) is 18.0 Å². The second-order valence-electron chi connectivity index (χ2n) is 5.35. The monoisotopic (exact) mass is 350 g/mol. The zero-order valence-corrected chi connectivity index (χ0v) is 13.0. The van der Waals surface area contributed by atoms with Crippen LogP contribution in [0.15, 0.2) is 42.5 Å². The normalized spacial score (nSPS) is 11.8. The van der Waals surface area contributed by atoms with Crippen molar-refractivity contribution >= 4 is 17.0 Å². The number of carbonyl (C=O) groups is 1. The fraction of sp³-hybridized carbons (Fsp3) is 0.176. The summed E-state index contributed by atoms with van der Waals surface area (Å²) >= 11 is 0. The summed E-state index contributed by atoms with van der Waals surface area (Å²) in [7, 11) is 1.44. The van der Waals surface area contributed by atoms with Crippen molar-refractivity contribution in [2.45, 2.75) is 12.8 Å². The van der Waals surface area contributed by atoms with E-state index in [4.69, 9.17) is 9.84 Å². The highest BCUT2D eigenvalue weighted by Crippen LogP contribution is 2.32. The Kier molecular flexibility index (Phi) is 4.22. The van der Waals surface area contributed by atoms with Gasteiger partial charge in [-0.25, -0.2) is 9.78 Å². The molecular weight excluding hydrogens is 337 g/mol. The van der Waals surface area contributed by atoms with E-state index in [0.29, 0.717) is 17.0 Å². The molecule has 0 bridgehead atoms. The highest BCUT2D eigenvalue weighted by molar-refractivity contribution is 5.88. The van der Waals surface area contributed by atoms with Crippen LogP contribution in [0.3, 0.4) is 0 Å². The molecule has 0 saturated carbocycles. The highest BCUT2D eigenvalue weighted by Gasteiger charge is 2.31. The van der Waals surface area contributed by atoms with Gasteiger partial charge in [-0.15, -0.1) is 0 Å². The van der Waals surface area contributed by atoms with Crippen LogP contribution in [-0.2, 0) is 17.5 Å². The van der Waals surface area contributed by atoms with Crippen molar-refractivity contribution in [2.75, 3.05) is 7.11 Å². The molecule has 130 valence electrons. The lowest BCUT2D eigenvalue weighted by Crippen LogP contribution is -2.05. The Labute approximate surface area is 140 Å². The molecule has 0 unspecified atom stereocenters. The van der Waals surface area contributed by atoms with Crippen LogP contribution in [0.25, 0.3) is 16.7 Å². The summed E-state index contributed by atoms with van der Waals surface area (Å²) in [5.41, 5.74) is 0.335. The summed E-state index contributed by atoms with van der Waals surface area (Å²) < 4.78 is 45.4. The first-order chi connectivity index (χ1) is 11.8. The molecule has 5 nitrogen and oxygen atoms in total. The molecule has 3 aromatic rings. The summed E-state index contributed by atoms with van der Waals surface area (Å²) in [5.74, 6) is -0.724. The number of fused-ring (bicyclic) bond motifs is 1. The molecule has 0 radical (unpaired) electrons. The van der Waals surface area contributed by atoms with Crippen LogP contribution in [-0.4, -0.2) is 27.7 Å². The lowest BCUT2D eigenvalue weighted by Gasteiger charge is -2.10. The topological polar surface area (TPSA) is 64.4 Å². The number of imidazole rings is 1. The van der Waals surface area contributed by atoms with Gasteiger partial charge in [0.2, 0.25) is 0 Å². The molecule has 0 aliphatic rings. The molecule has 0 aliphatic carbocycles. The molecule has 0 aliphatic heterocycles. The Morgan fingerprint density at radius 2 is 2.00 bits per heavy atom. The van der Waals surface area contributed by atoms with Crippen LogP contribution < -0.4 is 0 Å². The Bertz CT molecular complexity index is 948. The van der Waals surface area contributed by atoms with Crippen LogP contribution in [0.2, 0.25) is 0 Å². The molecule has 2 aromatic carbocycles. The first-order valence-corrected chi connectivity index (χ1v) is 7.22. The smallest absolute Gasteiger partial charge is 0.416 e. The van der Waals surface area contributed by atoms with E-state index < -0.39 is 17.7 Å². The van der Waals surface area contributed by atoms with Crippen molar-refractivity contribution in [3.8, 4) is 5.69 Å². The van der Waals surface area contributed by atoms with E-state index in [2.05, 4.69) is 4.98 Å². The van der Waals surface area contributed by atoms with Crippen molar-refractivity contribution in [1.82, 2.24) is 9.55 Å². The fourth-order valence-corrected chi connectivity index (χ4v) is 2.60. The van der Waals surface area contributed by atoms with Gasteiger partial charge in [0.15, 0.2) is 0 Å². The Hall–Kier alpha value is -2.87. The number of aromatic carboxylic acids is 1. The number of methoxy groups -OCH3 is 1. The first-order valence-electron chi connectivity index (χ1n) is 7.22. The highest BCUT2D eigenvalue weighted by atomic mass is 19.4. The molecule has 0 spiro atoms. The van der Waals surface area contributed by atoms with Crippen LogP contribution in [0.1, 0.15) is 21.7 Å². The van der Waals surface area contributed by atoms with Crippen molar-refractivity contribution in [2.24, 2.45) is 0 Å². The van der Waals surface area contributed by atoms with E-state index in [1.165, 1.54) is 25.3 Å². The number of hydrogen-bond donors (Lipinski definition) is 1. The maximum absolute atomic E-state index is 12.9. The van der Waals surface area contributed by atoms with E-state index in [-0.39, 0.29) is 17.7 Å². The number of aromatic nitrogens is 2. The number of halogens is 3. The van der Waals surface area contributed by atoms with Crippen LogP contribution in [0.5, 0.6) is 0 Å². The first kappa shape index (κ1) is 17.0. The molecule has 1 N–H and O–H groups in total. The van der Waals surface area contributed by atoms with Gasteiger partial charge < -0.3 is 9.84 Å². The zero-order chi connectivity index (χ0) is 18.2. The van der Waals surface area contributed by atoms with Crippen LogP contribution in [0.4, 0.5) is 13.2 Å². The Morgan fingerprint density at radius 1 is 1.24 bits per heavy atom. The molecular formula is C17H13F3N2O3. The second kappa shape index (κ2) is 6.21. The maximum atomic E-state index is 12.9. The van der Waals surface area contributed by atoms with E-state index in [1.54, 1.807) is 16.7 Å². The number of benzene rings is 2. The lowest BCUT2D eigenvalue weighted by atomic mass is 10.1. The predicted octanol–water partition coefficient (Wildman–Crippen LogP) is 3.89. The van der Waals surface area contributed by atoms with Gasteiger partial charge in [-0.05, 0) is 36.4 Å². The largest absolute Gasteiger partial charge is 0.478 e. The van der Waals surface area contributed by atoms with Gasteiger partial charge >= 0.3 is 12.1 Å². The van der Waals surface area contributed by atoms with E-state index >= 15 is 0 Å². The summed E-state index contributed by atoms with van der Waals surface area (Å²) in [6.07, 6.45) is -4.47. The molecule has 1 heterocycles. The summed E-state index contributed by atoms with van der Waals surface area (Å²) in [4.78, 5) is 15.4. The van der Waals surface area contributed by atoms with Gasteiger partial charge in [0.25, 0.3) is 0 Å². The maximum Gasteiger partial charge on any atom is 0.416 e. The summed E-state index contributed by atoms with van der Waals surface area (Å²) in [6.45, 7) is 0.0628. The number of carboxylic acid groups (broad SMARTS) is 1. The minimum atomic E-state index is -4.47. The third kappa shape index (κ3) is 3.20. The van der Waals surface area contributed by atoms with Gasteiger partial charge in [0, 0.05) is 12.8 Å². The quantitative estimate of drug-likeness (QED) is 0.775. The van der Waals surface area contributed by atoms with E-state index in [0.717, 1.165) is 12.1 Å². The Balaban J connectivity index is 2.24. The second-order valence-corrected chi connectivity index (χ2v) is 5.35. The third-order valence-electron chi connectivity index (χ3n) is 3.68. The lowest BCUT2D eigenvalue weighted by molar-refractivity contribution is -0.137. The molecule has 25 heavy (non-hydrogen) atoms. The standard InChI is InChI=1S/C17H13F3N2O3/c1-25-9-15-21-13-8-11(17(18,19)20)5-6-14(13)22(15)12-4-2-3-10(7-12)16(23)24/h2-8H,9H2,1H3,(H,23,24). The molecule has 0 atom stereocenters. The van der Waals surface area contributed by atoms with Crippen LogP contribution in [0, 0.1) is 0 Å². The van der Waals surface area contributed by atoms with Gasteiger partial charge in [-0.2, -0.15) is 13.2 Å². The van der Waals surface area contributed by atoms with Crippen molar-refractivity contribution < 1.29 is 27.8 Å². The summed E-state index contributed by atoms with van der Waals surface area (Å²) in [5, 5.41) is 9.14. The summed E-state index contributed by atoms with van der Waals surface area (Å²) in [6, 6.07) is 9.33. The number of nitrogens with zero attached hydrogens (tertiary/aromatic N) is 2. The third-order valence-corrected chi connectivity index (χ3v) is 3.68. The minimum Gasteiger partial charge on any atom is -0.478 e. The number of alkyl halides is 3. The van der Waals surface area contributed by atoms with Gasteiger partial charge in [-0.3, -0.25) is 4.57 Å². The van der Waals surface area contributed by atoms with Crippen molar-refractivity contribution in [3.63, 3.8) is 0 Å². The Morgan fingerprint density at radius 3 is 2.64 bits per heavy atom.